The van der Waals surface area contributed by atoms with Gasteiger partial charge in [-0.2, -0.15) is 0 Å². The Morgan fingerprint density at radius 3 is 3.00 bits per heavy atom. The quantitative estimate of drug-likeness (QED) is 0.478. The molecule has 5 N–H and O–H groups in total. The number of carbonyl (C=O) groups excluding carboxylic acids is 1. The fraction of sp³-hybridized carbons (Fsp3) is 0.300. The highest BCUT2D eigenvalue weighted by Crippen LogP contribution is 2.19. The average molecular weight is 249 g/mol. The molecule has 0 fully saturated rings. The van der Waals surface area contributed by atoms with E-state index in [0.29, 0.717) is 23.8 Å². The maximum absolute atomic E-state index is 11.1. The van der Waals surface area contributed by atoms with Crippen molar-refractivity contribution < 1.29 is 4.79 Å². The summed E-state index contributed by atoms with van der Waals surface area (Å²) < 4.78 is 1.78. The lowest BCUT2D eigenvalue weighted by Crippen LogP contribution is -2.34. The van der Waals surface area contributed by atoms with Gasteiger partial charge in [-0.15, -0.1) is 0 Å². The first-order valence-electron chi connectivity index (χ1n) is 5.49. The van der Waals surface area contributed by atoms with E-state index in [2.05, 4.69) is 15.4 Å². The van der Waals surface area contributed by atoms with Crippen molar-refractivity contribution in [1.29, 1.82) is 0 Å². The van der Waals surface area contributed by atoms with E-state index in [0.717, 1.165) is 0 Å². The molecule has 0 aliphatic carbocycles. The molecule has 96 valence electrons. The maximum Gasteiger partial charge on any atom is 0.237 e. The Bertz CT molecular complexity index is 564. The van der Waals surface area contributed by atoms with Crippen molar-refractivity contribution in [1.82, 2.24) is 14.4 Å². The summed E-state index contributed by atoms with van der Waals surface area (Å²) in [4.78, 5) is 21.3. The first-order chi connectivity index (χ1) is 8.65. The number of nitrogen functional groups attached to an aromatic ring is 1. The molecule has 0 unspecified atom stereocenters. The third-order valence-corrected chi connectivity index (χ3v) is 2.53. The van der Waals surface area contributed by atoms with Crippen molar-refractivity contribution in [2.75, 3.05) is 23.4 Å². The summed E-state index contributed by atoms with van der Waals surface area (Å²) in [5.41, 5.74) is 8.35. The van der Waals surface area contributed by atoms with E-state index in [9.17, 15) is 4.79 Å². The third kappa shape index (κ3) is 2.18. The molecule has 2 heterocycles. The van der Waals surface area contributed by atoms with Gasteiger partial charge in [0.2, 0.25) is 5.91 Å². The summed E-state index contributed by atoms with van der Waals surface area (Å²) in [7, 11) is 0. The molecule has 0 bridgehead atoms. The van der Waals surface area contributed by atoms with Crippen LogP contribution < -0.4 is 21.9 Å². The van der Waals surface area contributed by atoms with E-state index < -0.39 is 5.91 Å². The SMILES string of the molecule is CCN(CC(N)=O)c1nc(NN)cn2ccnc12. The topological polar surface area (TPSA) is 115 Å². The molecule has 0 aliphatic rings. The zero-order valence-electron chi connectivity index (χ0n) is 10.00. The number of primary amides is 1. The van der Waals surface area contributed by atoms with Crippen LogP contribution in [0, 0.1) is 0 Å². The number of nitrogens with two attached hydrogens (primary N) is 2. The first kappa shape index (κ1) is 12.1. The predicted molar refractivity (Wildman–Crippen MR) is 67.9 cm³/mol. The van der Waals surface area contributed by atoms with Gasteiger partial charge in [0, 0.05) is 18.9 Å². The second-order valence-corrected chi connectivity index (χ2v) is 3.73. The number of nitrogens with one attached hydrogen (secondary N) is 1. The lowest BCUT2D eigenvalue weighted by atomic mass is 10.4. The summed E-state index contributed by atoms with van der Waals surface area (Å²) in [5, 5.41) is 0. The zero-order valence-corrected chi connectivity index (χ0v) is 10.00. The number of amides is 1. The van der Waals surface area contributed by atoms with Crippen molar-refractivity contribution >= 4 is 23.2 Å². The number of hydrogen-bond acceptors (Lipinski definition) is 6. The Morgan fingerprint density at radius 1 is 1.61 bits per heavy atom. The van der Waals surface area contributed by atoms with Gasteiger partial charge in [0.25, 0.3) is 0 Å². The normalized spacial score (nSPS) is 10.6. The van der Waals surface area contributed by atoms with Crippen LogP contribution in [0.2, 0.25) is 0 Å². The summed E-state index contributed by atoms with van der Waals surface area (Å²) in [6, 6.07) is 0. The lowest BCUT2D eigenvalue weighted by Gasteiger charge is -2.21. The zero-order chi connectivity index (χ0) is 13.1. The molecule has 8 heteroatoms. The number of hydrazine groups is 1. The van der Waals surface area contributed by atoms with Crippen LogP contribution in [0.4, 0.5) is 11.6 Å². The van der Waals surface area contributed by atoms with Crippen molar-refractivity contribution in [2.45, 2.75) is 6.92 Å². The molecule has 0 atom stereocenters. The van der Waals surface area contributed by atoms with Gasteiger partial charge in [-0.3, -0.25) is 4.79 Å². The third-order valence-electron chi connectivity index (χ3n) is 2.53. The number of carbonyl (C=O) groups is 1. The molecular formula is C10H15N7O. The van der Waals surface area contributed by atoms with Crippen LogP contribution in [-0.4, -0.2) is 33.4 Å². The molecule has 1 amide bonds. The van der Waals surface area contributed by atoms with Gasteiger partial charge in [0.05, 0.1) is 12.7 Å². The highest BCUT2D eigenvalue weighted by atomic mass is 16.1. The number of rotatable bonds is 5. The Labute approximate surface area is 104 Å². The van der Waals surface area contributed by atoms with Crippen LogP contribution in [0.3, 0.4) is 0 Å². The summed E-state index contributed by atoms with van der Waals surface area (Å²) in [6.45, 7) is 2.58. The molecule has 2 rings (SSSR count). The Morgan fingerprint density at radius 2 is 2.39 bits per heavy atom. The standard InChI is InChI=1S/C10H15N7O/c1-2-16(5-7(11)18)10-9-13-3-4-17(9)6-8(14-10)15-12/h3-4,6,15H,2,5,12H2,1H3,(H2,11,18). The number of anilines is 2. The van der Waals surface area contributed by atoms with E-state index in [4.69, 9.17) is 11.6 Å². The molecule has 0 radical (unpaired) electrons. The van der Waals surface area contributed by atoms with Gasteiger partial charge in [-0.1, -0.05) is 0 Å². The second-order valence-electron chi connectivity index (χ2n) is 3.73. The number of fused-ring (bicyclic) bond motifs is 1. The molecule has 0 aliphatic heterocycles. The smallest absolute Gasteiger partial charge is 0.237 e. The number of likely N-dealkylation sites (N-methyl/N-ethyl adjacent to an activating group) is 1. The van der Waals surface area contributed by atoms with Crippen molar-refractivity contribution in [2.24, 2.45) is 11.6 Å². The number of hydrogen-bond donors (Lipinski definition) is 3. The van der Waals surface area contributed by atoms with E-state index in [1.165, 1.54) is 0 Å². The molecule has 2 aromatic heterocycles. The number of aromatic nitrogens is 3. The minimum atomic E-state index is -0.422. The second kappa shape index (κ2) is 4.88. The first-order valence-corrected chi connectivity index (χ1v) is 5.49. The maximum atomic E-state index is 11.1. The van der Waals surface area contributed by atoms with Gasteiger partial charge in [0.1, 0.15) is 0 Å². The van der Waals surface area contributed by atoms with Crippen LogP contribution in [0.1, 0.15) is 6.92 Å². The fourth-order valence-corrected chi connectivity index (χ4v) is 1.72. The highest BCUT2D eigenvalue weighted by molar-refractivity contribution is 5.81. The summed E-state index contributed by atoms with van der Waals surface area (Å²) in [5.74, 6) is 5.99. The summed E-state index contributed by atoms with van der Waals surface area (Å²) in [6.07, 6.45) is 5.14. The van der Waals surface area contributed by atoms with Crippen LogP contribution in [0.25, 0.3) is 5.65 Å². The number of imidazole rings is 1. The minimum Gasteiger partial charge on any atom is -0.368 e. The minimum absolute atomic E-state index is 0.0834. The lowest BCUT2D eigenvalue weighted by molar-refractivity contribution is -0.116. The molecule has 0 spiro atoms. The molecule has 2 aromatic rings. The van der Waals surface area contributed by atoms with Crippen LogP contribution in [-0.2, 0) is 4.79 Å². The molecular weight excluding hydrogens is 234 g/mol. The molecule has 0 saturated heterocycles. The van der Waals surface area contributed by atoms with Gasteiger partial charge < -0.3 is 20.5 Å². The molecule has 0 aromatic carbocycles. The largest absolute Gasteiger partial charge is 0.368 e. The van der Waals surface area contributed by atoms with Crippen LogP contribution in [0.5, 0.6) is 0 Å². The average Bonchev–Trinajstić information content (AvgIpc) is 2.82. The number of nitrogens with zero attached hydrogens (tertiary/aromatic N) is 4. The molecule has 8 nitrogen and oxygen atoms in total. The Kier molecular flexibility index (Phi) is 3.28. The van der Waals surface area contributed by atoms with Crippen LogP contribution in [0.15, 0.2) is 18.6 Å². The van der Waals surface area contributed by atoms with Crippen molar-refractivity contribution in [3.8, 4) is 0 Å². The molecule has 18 heavy (non-hydrogen) atoms. The van der Waals surface area contributed by atoms with Gasteiger partial charge in [-0.05, 0) is 6.92 Å². The van der Waals surface area contributed by atoms with Crippen LogP contribution >= 0.6 is 0 Å². The summed E-state index contributed by atoms with van der Waals surface area (Å²) >= 11 is 0. The van der Waals surface area contributed by atoms with Crippen molar-refractivity contribution in [3.63, 3.8) is 0 Å². The van der Waals surface area contributed by atoms with E-state index >= 15 is 0 Å². The van der Waals surface area contributed by atoms with E-state index in [1.807, 2.05) is 6.92 Å². The Hall–Kier alpha value is -2.35. The van der Waals surface area contributed by atoms with E-state index in [-0.39, 0.29) is 6.54 Å². The fourth-order valence-electron chi connectivity index (χ4n) is 1.72. The van der Waals surface area contributed by atoms with Gasteiger partial charge in [0.15, 0.2) is 17.3 Å². The van der Waals surface area contributed by atoms with Crippen molar-refractivity contribution in [3.05, 3.63) is 18.6 Å². The monoisotopic (exact) mass is 249 g/mol. The van der Waals surface area contributed by atoms with Gasteiger partial charge >= 0.3 is 0 Å². The van der Waals surface area contributed by atoms with E-state index in [1.54, 1.807) is 27.9 Å². The van der Waals surface area contributed by atoms with Gasteiger partial charge in [-0.25, -0.2) is 15.8 Å². The highest BCUT2D eigenvalue weighted by Gasteiger charge is 2.15. The molecule has 0 saturated carbocycles. The predicted octanol–water partition coefficient (Wildman–Crippen LogP) is -0.673. The Balaban J connectivity index is 2.52.